The summed E-state index contributed by atoms with van der Waals surface area (Å²) >= 11 is 0. The van der Waals surface area contributed by atoms with E-state index in [1.165, 1.54) is 0 Å². The number of benzene rings is 1. The molecule has 1 aliphatic rings. The first-order chi connectivity index (χ1) is 10.8. The van der Waals surface area contributed by atoms with Crippen molar-refractivity contribution in [1.82, 2.24) is 9.55 Å². The maximum atomic E-state index is 8.79. The number of hydrogen-bond acceptors (Lipinski definition) is 4. The van der Waals surface area contributed by atoms with E-state index in [0.29, 0.717) is 12.3 Å². The van der Waals surface area contributed by atoms with Crippen LogP contribution in [0.5, 0.6) is 11.5 Å². The van der Waals surface area contributed by atoms with Crippen LogP contribution in [-0.2, 0) is 6.54 Å². The van der Waals surface area contributed by atoms with Crippen molar-refractivity contribution >= 4 is 11.0 Å². The Morgan fingerprint density at radius 1 is 1.27 bits per heavy atom. The van der Waals surface area contributed by atoms with Crippen LogP contribution in [0.4, 0.5) is 0 Å². The highest BCUT2D eigenvalue weighted by atomic mass is 16.7. The number of hydrogen-bond donors (Lipinski definition) is 0. The van der Waals surface area contributed by atoms with Crippen molar-refractivity contribution in [3.63, 3.8) is 0 Å². The second-order valence-corrected chi connectivity index (χ2v) is 5.59. The van der Waals surface area contributed by atoms with E-state index in [0.717, 1.165) is 54.2 Å². The van der Waals surface area contributed by atoms with Crippen molar-refractivity contribution < 1.29 is 9.47 Å². The summed E-state index contributed by atoms with van der Waals surface area (Å²) in [7, 11) is 0. The van der Waals surface area contributed by atoms with Gasteiger partial charge in [0.1, 0.15) is 5.82 Å². The second-order valence-electron chi connectivity index (χ2n) is 5.59. The fourth-order valence-corrected chi connectivity index (χ4v) is 3.05. The summed E-state index contributed by atoms with van der Waals surface area (Å²) in [6, 6.07) is 6.20. The Bertz CT molecular complexity index is 711. The van der Waals surface area contributed by atoms with Gasteiger partial charge in [-0.2, -0.15) is 5.26 Å². The molecule has 0 aliphatic carbocycles. The number of fused-ring (bicyclic) bond motifs is 2. The quantitative estimate of drug-likeness (QED) is 0.757. The molecular formula is C17H21N3O2. The van der Waals surface area contributed by atoms with Gasteiger partial charge in [0.25, 0.3) is 0 Å². The van der Waals surface area contributed by atoms with Crippen molar-refractivity contribution in [1.29, 1.82) is 5.26 Å². The summed E-state index contributed by atoms with van der Waals surface area (Å²) in [6.07, 6.45) is 3.52. The largest absolute Gasteiger partial charge is 0.454 e. The van der Waals surface area contributed by atoms with Gasteiger partial charge < -0.3 is 14.0 Å². The molecule has 3 rings (SSSR count). The molecule has 0 fully saturated rings. The molecule has 0 atom stereocenters. The van der Waals surface area contributed by atoms with Crippen LogP contribution < -0.4 is 9.47 Å². The molecule has 0 saturated carbocycles. The predicted molar refractivity (Wildman–Crippen MR) is 84.0 cm³/mol. The van der Waals surface area contributed by atoms with E-state index >= 15 is 0 Å². The first kappa shape index (κ1) is 14.7. The monoisotopic (exact) mass is 299 g/mol. The van der Waals surface area contributed by atoms with E-state index in [1.54, 1.807) is 0 Å². The zero-order valence-corrected chi connectivity index (χ0v) is 13.1. The number of ether oxygens (including phenoxy) is 2. The Kier molecular flexibility index (Phi) is 4.19. The molecule has 1 aromatic carbocycles. The van der Waals surface area contributed by atoms with Gasteiger partial charge in [-0.25, -0.2) is 4.98 Å². The summed E-state index contributed by atoms with van der Waals surface area (Å²) in [4.78, 5) is 4.86. The van der Waals surface area contributed by atoms with Crippen LogP contribution in [0.3, 0.4) is 0 Å². The number of aryl methyl sites for hydroxylation is 1. The highest BCUT2D eigenvalue weighted by molar-refractivity contribution is 5.81. The smallest absolute Gasteiger partial charge is 0.231 e. The van der Waals surface area contributed by atoms with Gasteiger partial charge in [0.2, 0.25) is 6.79 Å². The molecule has 1 aliphatic heterocycles. The highest BCUT2D eigenvalue weighted by Crippen LogP contribution is 2.37. The van der Waals surface area contributed by atoms with Gasteiger partial charge in [0, 0.05) is 31.0 Å². The zero-order valence-electron chi connectivity index (χ0n) is 13.1. The molecule has 1 aromatic heterocycles. The highest BCUT2D eigenvalue weighted by Gasteiger charge is 2.21. The van der Waals surface area contributed by atoms with Crippen LogP contribution in [0.25, 0.3) is 11.0 Å². The van der Waals surface area contributed by atoms with Gasteiger partial charge in [-0.3, -0.25) is 0 Å². The Balaban J connectivity index is 2.08. The Morgan fingerprint density at radius 2 is 2.00 bits per heavy atom. The van der Waals surface area contributed by atoms with Gasteiger partial charge in [-0.1, -0.05) is 13.8 Å². The lowest BCUT2D eigenvalue weighted by atomic mass is 10.0. The second kappa shape index (κ2) is 6.27. The van der Waals surface area contributed by atoms with Crippen LogP contribution in [-0.4, -0.2) is 16.3 Å². The fourth-order valence-electron chi connectivity index (χ4n) is 3.05. The Morgan fingerprint density at radius 3 is 2.68 bits per heavy atom. The van der Waals surface area contributed by atoms with Gasteiger partial charge in [0.05, 0.1) is 17.1 Å². The molecule has 116 valence electrons. The van der Waals surface area contributed by atoms with Crippen molar-refractivity contribution in [2.75, 3.05) is 6.79 Å². The van der Waals surface area contributed by atoms with Crippen molar-refractivity contribution in [2.24, 2.45) is 0 Å². The average molecular weight is 299 g/mol. The van der Waals surface area contributed by atoms with E-state index in [9.17, 15) is 0 Å². The number of unbranched alkanes of at least 4 members (excludes halogenated alkanes) is 1. The first-order valence-electron chi connectivity index (χ1n) is 7.95. The summed E-state index contributed by atoms with van der Waals surface area (Å²) in [5.41, 5.74) is 2.02. The van der Waals surface area contributed by atoms with Crippen LogP contribution in [0.15, 0.2) is 12.1 Å². The van der Waals surface area contributed by atoms with Gasteiger partial charge in [-0.05, 0) is 19.3 Å². The Hall–Kier alpha value is -2.22. The maximum absolute atomic E-state index is 8.79. The van der Waals surface area contributed by atoms with Crippen molar-refractivity contribution in [3.8, 4) is 17.6 Å². The molecule has 0 amide bonds. The SMILES string of the molecule is CCC(CC)c1nc2cc3c(cc2n1CCCC#N)OCO3. The number of imidazole rings is 1. The predicted octanol–water partition coefficient (Wildman–Crippen LogP) is 3.97. The number of aromatic nitrogens is 2. The third-order valence-corrected chi connectivity index (χ3v) is 4.29. The summed E-state index contributed by atoms with van der Waals surface area (Å²) in [5, 5.41) is 8.79. The molecule has 0 spiro atoms. The third kappa shape index (κ3) is 2.50. The summed E-state index contributed by atoms with van der Waals surface area (Å²) in [6.45, 7) is 5.48. The maximum Gasteiger partial charge on any atom is 0.231 e. The van der Waals surface area contributed by atoms with E-state index in [4.69, 9.17) is 19.7 Å². The lowest BCUT2D eigenvalue weighted by Gasteiger charge is -2.15. The third-order valence-electron chi connectivity index (χ3n) is 4.29. The molecule has 2 aromatic rings. The molecular weight excluding hydrogens is 278 g/mol. The topological polar surface area (TPSA) is 60.1 Å². The zero-order chi connectivity index (χ0) is 15.5. The number of nitrogens with zero attached hydrogens (tertiary/aromatic N) is 3. The number of rotatable bonds is 6. The van der Waals surface area contributed by atoms with Crippen LogP contribution >= 0.6 is 0 Å². The summed E-state index contributed by atoms with van der Waals surface area (Å²) < 4.78 is 13.2. The molecule has 0 saturated heterocycles. The minimum absolute atomic E-state index is 0.274. The van der Waals surface area contributed by atoms with Crippen molar-refractivity contribution in [3.05, 3.63) is 18.0 Å². The minimum Gasteiger partial charge on any atom is -0.454 e. The molecule has 2 heterocycles. The standard InChI is InChI=1S/C17H21N3O2/c1-3-12(4-2)17-19-13-9-15-16(22-11-21-15)10-14(13)20(17)8-6-5-7-18/h9-10,12H,3-6,8,11H2,1-2H3. The van der Waals surface area contributed by atoms with E-state index in [-0.39, 0.29) is 6.79 Å². The van der Waals surface area contributed by atoms with Crippen LogP contribution in [0.1, 0.15) is 51.3 Å². The fraction of sp³-hybridized carbons (Fsp3) is 0.529. The molecule has 0 unspecified atom stereocenters. The van der Waals surface area contributed by atoms with Gasteiger partial charge >= 0.3 is 0 Å². The van der Waals surface area contributed by atoms with Crippen LogP contribution in [0.2, 0.25) is 0 Å². The first-order valence-corrected chi connectivity index (χ1v) is 7.95. The Labute approximate surface area is 130 Å². The van der Waals surface area contributed by atoms with Gasteiger partial charge in [-0.15, -0.1) is 0 Å². The van der Waals surface area contributed by atoms with E-state index in [1.807, 2.05) is 12.1 Å². The lowest BCUT2D eigenvalue weighted by molar-refractivity contribution is 0.174. The van der Waals surface area contributed by atoms with E-state index in [2.05, 4.69) is 24.5 Å². The minimum atomic E-state index is 0.274. The molecule has 0 radical (unpaired) electrons. The average Bonchev–Trinajstić information content (AvgIpc) is 3.11. The molecule has 0 bridgehead atoms. The van der Waals surface area contributed by atoms with Gasteiger partial charge in [0.15, 0.2) is 11.5 Å². The normalized spacial score (nSPS) is 13.0. The number of nitriles is 1. The molecule has 5 nitrogen and oxygen atoms in total. The molecule has 5 heteroatoms. The molecule has 22 heavy (non-hydrogen) atoms. The lowest BCUT2D eigenvalue weighted by Crippen LogP contribution is -2.08. The van der Waals surface area contributed by atoms with E-state index < -0.39 is 0 Å². The van der Waals surface area contributed by atoms with Crippen LogP contribution in [0, 0.1) is 11.3 Å². The van der Waals surface area contributed by atoms with Crippen molar-refractivity contribution in [2.45, 2.75) is 52.0 Å². The summed E-state index contributed by atoms with van der Waals surface area (Å²) in [5.74, 6) is 3.10. The molecule has 0 N–H and O–H groups in total.